The number of para-hydroxylation sites is 1. The van der Waals surface area contributed by atoms with Crippen molar-refractivity contribution in [3.8, 4) is 5.75 Å². The number of ether oxygens (including phenoxy) is 1. The number of amides is 3. The lowest BCUT2D eigenvalue weighted by molar-refractivity contribution is -0.132. The summed E-state index contributed by atoms with van der Waals surface area (Å²) in [6, 6.07) is 7.02. The molecule has 0 aliphatic carbocycles. The predicted molar refractivity (Wildman–Crippen MR) is 79.0 cm³/mol. The molecule has 1 aliphatic heterocycles. The number of rotatable bonds is 5. The SMILES string of the molecule is COc1ccccc1CN(C)C(C)C(=O)N1CCNC1=O. The first-order valence-electron chi connectivity index (χ1n) is 6.96. The molecule has 1 aliphatic rings. The van der Waals surface area contributed by atoms with Gasteiger partial charge in [0.25, 0.3) is 0 Å². The summed E-state index contributed by atoms with van der Waals surface area (Å²) in [6.07, 6.45) is 0. The van der Waals surface area contributed by atoms with Gasteiger partial charge in [0.2, 0.25) is 5.91 Å². The quantitative estimate of drug-likeness (QED) is 0.881. The minimum Gasteiger partial charge on any atom is -0.496 e. The van der Waals surface area contributed by atoms with Crippen LogP contribution in [0.25, 0.3) is 0 Å². The van der Waals surface area contributed by atoms with Gasteiger partial charge in [0.15, 0.2) is 0 Å². The van der Waals surface area contributed by atoms with E-state index in [1.807, 2.05) is 43.1 Å². The van der Waals surface area contributed by atoms with E-state index in [2.05, 4.69) is 5.32 Å². The Kier molecular flexibility index (Phi) is 4.80. The Morgan fingerprint density at radius 1 is 1.48 bits per heavy atom. The first-order chi connectivity index (χ1) is 10.0. The van der Waals surface area contributed by atoms with E-state index >= 15 is 0 Å². The lowest BCUT2D eigenvalue weighted by Crippen LogP contribution is -2.46. The summed E-state index contributed by atoms with van der Waals surface area (Å²) in [4.78, 5) is 27.1. The molecule has 0 aromatic heterocycles. The summed E-state index contributed by atoms with van der Waals surface area (Å²) in [5, 5.41) is 2.64. The third-order valence-corrected chi connectivity index (χ3v) is 3.75. The van der Waals surface area contributed by atoms with E-state index in [9.17, 15) is 9.59 Å². The Balaban J connectivity index is 2.03. The zero-order valence-corrected chi connectivity index (χ0v) is 12.6. The van der Waals surface area contributed by atoms with Crippen LogP contribution in [0.2, 0.25) is 0 Å². The molecule has 1 heterocycles. The molecular weight excluding hydrogens is 270 g/mol. The van der Waals surface area contributed by atoms with Gasteiger partial charge in [-0.05, 0) is 20.0 Å². The fourth-order valence-corrected chi connectivity index (χ4v) is 2.34. The summed E-state index contributed by atoms with van der Waals surface area (Å²) in [7, 11) is 3.49. The first kappa shape index (κ1) is 15.3. The Bertz CT molecular complexity index is 533. The highest BCUT2D eigenvalue weighted by Crippen LogP contribution is 2.20. The lowest BCUT2D eigenvalue weighted by atomic mass is 10.1. The fourth-order valence-electron chi connectivity index (χ4n) is 2.34. The number of carbonyl (C=O) groups excluding carboxylic acids is 2. The van der Waals surface area contributed by atoms with Gasteiger partial charge in [0.1, 0.15) is 5.75 Å². The fraction of sp³-hybridized carbons (Fsp3) is 0.467. The Morgan fingerprint density at radius 2 is 2.19 bits per heavy atom. The summed E-state index contributed by atoms with van der Waals surface area (Å²) in [5.41, 5.74) is 1.01. The van der Waals surface area contributed by atoms with Gasteiger partial charge in [0.05, 0.1) is 13.2 Å². The third-order valence-electron chi connectivity index (χ3n) is 3.75. The van der Waals surface area contributed by atoms with Crippen molar-refractivity contribution in [2.75, 3.05) is 27.2 Å². The molecule has 1 N–H and O–H groups in total. The van der Waals surface area contributed by atoms with Crippen LogP contribution in [0.4, 0.5) is 4.79 Å². The third kappa shape index (κ3) is 3.33. The second-order valence-corrected chi connectivity index (χ2v) is 5.12. The van der Waals surface area contributed by atoms with E-state index in [-0.39, 0.29) is 18.0 Å². The molecule has 2 rings (SSSR count). The van der Waals surface area contributed by atoms with E-state index < -0.39 is 0 Å². The largest absolute Gasteiger partial charge is 0.496 e. The minimum absolute atomic E-state index is 0.178. The molecule has 114 valence electrons. The number of imide groups is 1. The second-order valence-electron chi connectivity index (χ2n) is 5.12. The van der Waals surface area contributed by atoms with Crippen molar-refractivity contribution in [3.05, 3.63) is 29.8 Å². The molecule has 6 heteroatoms. The van der Waals surface area contributed by atoms with Crippen molar-refractivity contribution in [2.24, 2.45) is 0 Å². The Morgan fingerprint density at radius 3 is 2.81 bits per heavy atom. The number of nitrogens with zero attached hydrogens (tertiary/aromatic N) is 2. The number of likely N-dealkylation sites (N-methyl/N-ethyl adjacent to an activating group) is 1. The van der Waals surface area contributed by atoms with Gasteiger partial charge in [0, 0.05) is 25.2 Å². The van der Waals surface area contributed by atoms with E-state index in [0.29, 0.717) is 19.6 Å². The van der Waals surface area contributed by atoms with Crippen molar-refractivity contribution in [1.29, 1.82) is 0 Å². The zero-order valence-electron chi connectivity index (χ0n) is 12.6. The summed E-state index contributed by atoms with van der Waals surface area (Å²) in [5.74, 6) is 0.616. The molecule has 1 unspecified atom stereocenters. The standard InChI is InChI=1S/C15H21N3O3/c1-11(14(19)18-9-8-16-15(18)20)17(2)10-12-6-4-5-7-13(12)21-3/h4-7,11H,8-10H2,1-3H3,(H,16,20). The summed E-state index contributed by atoms with van der Waals surface area (Å²) in [6.45, 7) is 3.34. The number of nitrogens with one attached hydrogen (secondary N) is 1. The molecule has 3 amide bonds. The van der Waals surface area contributed by atoms with Crippen molar-refractivity contribution >= 4 is 11.9 Å². The zero-order chi connectivity index (χ0) is 15.4. The van der Waals surface area contributed by atoms with Crippen LogP contribution >= 0.6 is 0 Å². The van der Waals surface area contributed by atoms with Crippen LogP contribution in [-0.4, -0.2) is 55.0 Å². The molecule has 21 heavy (non-hydrogen) atoms. The number of methoxy groups -OCH3 is 1. The van der Waals surface area contributed by atoms with Crippen LogP contribution in [0.5, 0.6) is 5.75 Å². The number of hydrogen-bond donors (Lipinski definition) is 1. The van der Waals surface area contributed by atoms with Gasteiger partial charge in [-0.1, -0.05) is 18.2 Å². The Hall–Kier alpha value is -2.08. The van der Waals surface area contributed by atoms with Crippen molar-refractivity contribution < 1.29 is 14.3 Å². The maximum Gasteiger partial charge on any atom is 0.324 e. The molecular formula is C15H21N3O3. The van der Waals surface area contributed by atoms with Crippen LogP contribution in [0.15, 0.2) is 24.3 Å². The molecule has 0 spiro atoms. The molecule has 1 saturated heterocycles. The molecule has 0 saturated carbocycles. The number of carbonyl (C=O) groups is 2. The molecule has 1 aromatic rings. The van der Waals surface area contributed by atoms with Crippen molar-refractivity contribution in [1.82, 2.24) is 15.1 Å². The van der Waals surface area contributed by atoms with Gasteiger partial charge >= 0.3 is 6.03 Å². The first-order valence-corrected chi connectivity index (χ1v) is 6.96. The highest BCUT2D eigenvalue weighted by molar-refractivity contribution is 5.98. The van der Waals surface area contributed by atoms with Crippen LogP contribution in [0, 0.1) is 0 Å². The average molecular weight is 291 g/mol. The van der Waals surface area contributed by atoms with Crippen LogP contribution in [0.1, 0.15) is 12.5 Å². The number of urea groups is 1. The monoisotopic (exact) mass is 291 g/mol. The topological polar surface area (TPSA) is 61.9 Å². The van der Waals surface area contributed by atoms with Crippen LogP contribution < -0.4 is 10.1 Å². The maximum atomic E-state index is 12.3. The molecule has 1 fully saturated rings. The van der Waals surface area contributed by atoms with Gasteiger partial charge in [-0.25, -0.2) is 4.79 Å². The van der Waals surface area contributed by atoms with E-state index in [0.717, 1.165) is 11.3 Å². The normalized spacial score (nSPS) is 16.0. The van der Waals surface area contributed by atoms with Crippen molar-refractivity contribution in [2.45, 2.75) is 19.5 Å². The molecule has 0 bridgehead atoms. The van der Waals surface area contributed by atoms with Gasteiger partial charge < -0.3 is 10.1 Å². The molecule has 6 nitrogen and oxygen atoms in total. The van der Waals surface area contributed by atoms with E-state index in [1.54, 1.807) is 7.11 Å². The molecule has 1 atom stereocenters. The van der Waals surface area contributed by atoms with E-state index in [1.165, 1.54) is 4.90 Å². The maximum absolute atomic E-state index is 12.3. The smallest absolute Gasteiger partial charge is 0.324 e. The van der Waals surface area contributed by atoms with Gasteiger partial charge in [-0.15, -0.1) is 0 Å². The number of benzene rings is 1. The van der Waals surface area contributed by atoms with Crippen LogP contribution in [-0.2, 0) is 11.3 Å². The average Bonchev–Trinajstić information content (AvgIpc) is 2.92. The van der Waals surface area contributed by atoms with Crippen LogP contribution in [0.3, 0.4) is 0 Å². The minimum atomic E-state index is -0.376. The van der Waals surface area contributed by atoms with Crippen molar-refractivity contribution in [3.63, 3.8) is 0 Å². The highest BCUT2D eigenvalue weighted by Gasteiger charge is 2.31. The molecule has 1 aromatic carbocycles. The Labute approximate surface area is 124 Å². The number of hydrogen-bond acceptors (Lipinski definition) is 4. The highest BCUT2D eigenvalue weighted by atomic mass is 16.5. The predicted octanol–water partition coefficient (Wildman–Crippen LogP) is 1.07. The van der Waals surface area contributed by atoms with Gasteiger partial charge in [-0.2, -0.15) is 0 Å². The van der Waals surface area contributed by atoms with Gasteiger partial charge in [-0.3, -0.25) is 14.6 Å². The lowest BCUT2D eigenvalue weighted by Gasteiger charge is -2.27. The second kappa shape index (κ2) is 6.58. The van der Waals surface area contributed by atoms with E-state index in [4.69, 9.17) is 4.74 Å². The molecule has 0 radical (unpaired) electrons. The summed E-state index contributed by atoms with van der Waals surface area (Å²) >= 11 is 0. The summed E-state index contributed by atoms with van der Waals surface area (Å²) < 4.78 is 5.32.